The van der Waals surface area contributed by atoms with Crippen LogP contribution in [0.25, 0.3) is 0 Å². The van der Waals surface area contributed by atoms with E-state index in [-0.39, 0.29) is 36.1 Å². The minimum atomic E-state index is -0.122. The fourth-order valence-corrected chi connectivity index (χ4v) is 3.10. The van der Waals surface area contributed by atoms with Crippen LogP contribution in [0.2, 0.25) is 0 Å². The van der Waals surface area contributed by atoms with Crippen LogP contribution in [0, 0.1) is 5.92 Å². The fourth-order valence-electron chi connectivity index (χ4n) is 3.10. The van der Waals surface area contributed by atoms with Gasteiger partial charge in [-0.1, -0.05) is 12.1 Å². The number of aromatic nitrogens is 2. The zero-order chi connectivity index (χ0) is 17.8. The number of hydrogen-bond donors (Lipinski definition) is 3. The Bertz CT molecular complexity index is 759. The molecule has 140 valence electrons. The smallest absolute Gasteiger partial charge is 0.229 e. The van der Waals surface area contributed by atoms with Gasteiger partial charge in [0.25, 0.3) is 0 Å². The lowest BCUT2D eigenvalue weighted by Gasteiger charge is -2.17. The number of carbonyl (C=O) groups is 2. The minimum Gasteiger partial charge on any atom is -0.352 e. The van der Waals surface area contributed by atoms with Gasteiger partial charge < -0.3 is 16.0 Å². The van der Waals surface area contributed by atoms with Crippen molar-refractivity contribution in [1.82, 2.24) is 20.4 Å². The second-order valence-corrected chi connectivity index (χ2v) is 6.41. The van der Waals surface area contributed by atoms with Crippen LogP contribution in [0.5, 0.6) is 0 Å². The third-order valence-corrected chi connectivity index (χ3v) is 4.47. The molecule has 8 heteroatoms. The van der Waals surface area contributed by atoms with Crippen LogP contribution >= 0.6 is 12.4 Å². The van der Waals surface area contributed by atoms with Gasteiger partial charge >= 0.3 is 0 Å². The third-order valence-electron chi connectivity index (χ3n) is 4.47. The van der Waals surface area contributed by atoms with Crippen LogP contribution in [0.15, 0.2) is 36.7 Å². The summed E-state index contributed by atoms with van der Waals surface area (Å²) in [6.07, 6.45) is 3.80. The highest BCUT2D eigenvalue weighted by atomic mass is 35.5. The minimum absolute atomic E-state index is 0. The molecule has 3 rings (SSSR count). The summed E-state index contributed by atoms with van der Waals surface area (Å²) < 4.78 is 1.76. The highest BCUT2D eigenvalue weighted by Gasteiger charge is 2.34. The first-order valence-electron chi connectivity index (χ1n) is 8.36. The maximum absolute atomic E-state index is 12.7. The molecule has 7 nitrogen and oxygen atoms in total. The summed E-state index contributed by atoms with van der Waals surface area (Å²) in [4.78, 5) is 23.6. The zero-order valence-corrected chi connectivity index (χ0v) is 15.7. The molecule has 2 atom stereocenters. The summed E-state index contributed by atoms with van der Waals surface area (Å²) in [5.41, 5.74) is 2.83. The molecule has 1 fully saturated rings. The summed E-state index contributed by atoms with van der Waals surface area (Å²) in [7, 11) is 1.88. The highest BCUT2D eigenvalue weighted by molar-refractivity contribution is 5.93. The first-order valence-corrected chi connectivity index (χ1v) is 8.36. The number of aryl methyl sites for hydroxylation is 1. The Morgan fingerprint density at radius 1 is 1.27 bits per heavy atom. The fraction of sp³-hybridized carbons (Fsp3) is 0.389. The second-order valence-electron chi connectivity index (χ2n) is 6.41. The number of hydrogen-bond acceptors (Lipinski definition) is 4. The summed E-state index contributed by atoms with van der Waals surface area (Å²) in [5, 5.41) is 13.2. The Morgan fingerprint density at radius 2 is 2.00 bits per heavy atom. The number of anilines is 1. The zero-order valence-electron chi connectivity index (χ0n) is 14.9. The quantitative estimate of drug-likeness (QED) is 0.735. The highest BCUT2D eigenvalue weighted by Crippen LogP contribution is 2.28. The molecule has 0 aliphatic carbocycles. The number of nitrogens with one attached hydrogen (secondary N) is 3. The number of rotatable bonds is 5. The molecule has 2 amide bonds. The van der Waals surface area contributed by atoms with E-state index < -0.39 is 0 Å². The van der Waals surface area contributed by atoms with E-state index in [1.165, 1.54) is 6.92 Å². The Hall–Kier alpha value is -2.38. The number of halogens is 1. The van der Waals surface area contributed by atoms with Crippen molar-refractivity contribution in [3.05, 3.63) is 47.8 Å². The average Bonchev–Trinajstić information content (AvgIpc) is 3.22. The Balaban J connectivity index is 0.00000243. The van der Waals surface area contributed by atoms with Crippen LogP contribution in [-0.2, 0) is 23.2 Å². The van der Waals surface area contributed by atoms with E-state index in [9.17, 15) is 9.59 Å². The SMILES string of the molecule is CC(=O)NCc1ccc(NC(=O)[C@H]2CNC[C@@H]2c2cnn(C)c2)cc1.Cl. The summed E-state index contributed by atoms with van der Waals surface area (Å²) in [5.74, 6) is -0.0444. The largest absolute Gasteiger partial charge is 0.352 e. The standard InChI is InChI=1S/C18H23N5O2.ClH/c1-12(24)20-7-13-3-5-15(6-4-13)22-18(25)17-10-19-9-16(17)14-8-21-23(2)11-14;/h3-6,8,11,16-17,19H,7,9-10H2,1-2H3,(H,20,24)(H,22,25);1H/t16-,17+;/m1./s1. The summed E-state index contributed by atoms with van der Waals surface area (Å²) in [6, 6.07) is 7.51. The molecule has 1 aromatic carbocycles. The van der Waals surface area contributed by atoms with Crippen molar-refractivity contribution in [2.24, 2.45) is 13.0 Å². The van der Waals surface area contributed by atoms with Crippen molar-refractivity contribution in [2.75, 3.05) is 18.4 Å². The van der Waals surface area contributed by atoms with E-state index in [0.29, 0.717) is 13.1 Å². The molecule has 0 bridgehead atoms. The average molecular weight is 378 g/mol. The van der Waals surface area contributed by atoms with Crippen molar-refractivity contribution in [3.63, 3.8) is 0 Å². The van der Waals surface area contributed by atoms with Crippen molar-refractivity contribution in [1.29, 1.82) is 0 Å². The van der Waals surface area contributed by atoms with E-state index in [0.717, 1.165) is 23.4 Å². The first kappa shape index (κ1) is 19.9. The molecule has 0 saturated carbocycles. The van der Waals surface area contributed by atoms with Gasteiger partial charge in [0.1, 0.15) is 0 Å². The van der Waals surface area contributed by atoms with E-state index in [2.05, 4.69) is 21.0 Å². The molecule has 2 aromatic rings. The molecule has 1 saturated heterocycles. The van der Waals surface area contributed by atoms with Gasteiger partial charge in [-0.2, -0.15) is 5.10 Å². The molecule has 1 aliphatic rings. The van der Waals surface area contributed by atoms with Gasteiger partial charge in [0.05, 0.1) is 12.1 Å². The normalized spacial score (nSPS) is 18.8. The van der Waals surface area contributed by atoms with Crippen LogP contribution in [-0.4, -0.2) is 34.7 Å². The Morgan fingerprint density at radius 3 is 2.62 bits per heavy atom. The van der Waals surface area contributed by atoms with E-state index in [1.54, 1.807) is 4.68 Å². The first-order chi connectivity index (χ1) is 12.0. The van der Waals surface area contributed by atoms with Gasteiger partial charge in [0, 0.05) is 51.4 Å². The molecule has 0 radical (unpaired) electrons. The van der Waals surface area contributed by atoms with Crippen molar-refractivity contribution >= 4 is 29.9 Å². The monoisotopic (exact) mass is 377 g/mol. The number of nitrogens with zero attached hydrogens (tertiary/aromatic N) is 2. The van der Waals surface area contributed by atoms with Crippen LogP contribution in [0.1, 0.15) is 24.0 Å². The molecular formula is C18H24ClN5O2. The maximum atomic E-state index is 12.7. The van der Waals surface area contributed by atoms with Gasteiger partial charge in [-0.3, -0.25) is 14.3 Å². The van der Waals surface area contributed by atoms with Gasteiger partial charge in [-0.05, 0) is 23.3 Å². The molecule has 26 heavy (non-hydrogen) atoms. The summed E-state index contributed by atoms with van der Waals surface area (Å²) in [6.45, 7) is 3.41. The van der Waals surface area contributed by atoms with Crippen molar-refractivity contribution in [2.45, 2.75) is 19.4 Å². The molecular weight excluding hydrogens is 354 g/mol. The summed E-state index contributed by atoms with van der Waals surface area (Å²) >= 11 is 0. The molecule has 1 aliphatic heterocycles. The van der Waals surface area contributed by atoms with Gasteiger partial charge in [0.15, 0.2) is 0 Å². The van der Waals surface area contributed by atoms with E-state index in [1.807, 2.05) is 43.7 Å². The second kappa shape index (κ2) is 8.82. The van der Waals surface area contributed by atoms with E-state index in [4.69, 9.17) is 0 Å². The third kappa shape index (κ3) is 4.83. The number of amides is 2. The molecule has 0 spiro atoms. The topological polar surface area (TPSA) is 88.1 Å². The van der Waals surface area contributed by atoms with Crippen LogP contribution < -0.4 is 16.0 Å². The van der Waals surface area contributed by atoms with Crippen molar-refractivity contribution < 1.29 is 9.59 Å². The molecule has 3 N–H and O–H groups in total. The number of carbonyl (C=O) groups excluding carboxylic acids is 2. The predicted octanol–water partition coefficient (Wildman–Crippen LogP) is 1.42. The van der Waals surface area contributed by atoms with Crippen molar-refractivity contribution in [3.8, 4) is 0 Å². The Labute approximate surface area is 159 Å². The van der Waals surface area contributed by atoms with Gasteiger partial charge in [-0.25, -0.2) is 0 Å². The number of benzene rings is 1. The van der Waals surface area contributed by atoms with Crippen LogP contribution in [0.3, 0.4) is 0 Å². The lowest BCUT2D eigenvalue weighted by atomic mass is 9.90. The van der Waals surface area contributed by atoms with Crippen LogP contribution in [0.4, 0.5) is 5.69 Å². The van der Waals surface area contributed by atoms with E-state index >= 15 is 0 Å². The predicted molar refractivity (Wildman–Crippen MR) is 102 cm³/mol. The molecule has 0 unspecified atom stereocenters. The molecule has 1 aromatic heterocycles. The maximum Gasteiger partial charge on any atom is 0.229 e. The van der Waals surface area contributed by atoms with Gasteiger partial charge in [-0.15, -0.1) is 12.4 Å². The lowest BCUT2D eigenvalue weighted by molar-refractivity contribution is -0.120. The molecule has 2 heterocycles. The Kier molecular flexibility index (Phi) is 6.76. The van der Waals surface area contributed by atoms with Gasteiger partial charge in [0.2, 0.25) is 11.8 Å². The lowest BCUT2D eigenvalue weighted by Crippen LogP contribution is -2.28.